The van der Waals surface area contributed by atoms with Crippen LogP contribution in [0.4, 0.5) is 5.69 Å². The van der Waals surface area contributed by atoms with Crippen molar-refractivity contribution in [2.75, 3.05) is 11.0 Å². The van der Waals surface area contributed by atoms with Crippen LogP contribution in [0.2, 0.25) is 0 Å². The highest BCUT2D eigenvalue weighted by molar-refractivity contribution is 7.92. The van der Waals surface area contributed by atoms with Crippen molar-refractivity contribution in [2.45, 2.75) is 13.5 Å². The van der Waals surface area contributed by atoms with Gasteiger partial charge in [-0.15, -0.1) is 0 Å². The summed E-state index contributed by atoms with van der Waals surface area (Å²) in [6, 6.07) is 15.1. The number of allylic oxidation sites excluding steroid dienone is 1. The molecule has 0 spiro atoms. The standard InChI is InChI=1S/C17H19NO3S/c1-3-7-14-10-11-17(16(12-14)18-22(2,19)20)21-13-15-8-5-4-6-9-15/h3-12,18H,13H2,1-2H3/b7-3-. The van der Waals surface area contributed by atoms with Gasteiger partial charge in [0.05, 0.1) is 11.9 Å². The molecule has 0 aromatic heterocycles. The average molecular weight is 317 g/mol. The molecule has 5 heteroatoms. The molecule has 0 fully saturated rings. The Bertz CT molecular complexity index is 753. The van der Waals surface area contributed by atoms with Crippen molar-refractivity contribution < 1.29 is 13.2 Å². The molecule has 22 heavy (non-hydrogen) atoms. The molecular weight excluding hydrogens is 298 g/mol. The summed E-state index contributed by atoms with van der Waals surface area (Å²) in [5, 5.41) is 0. The summed E-state index contributed by atoms with van der Waals surface area (Å²) in [7, 11) is -3.37. The third-order valence-corrected chi connectivity index (χ3v) is 3.49. The molecule has 4 nitrogen and oxygen atoms in total. The molecule has 0 aliphatic rings. The number of ether oxygens (including phenoxy) is 1. The quantitative estimate of drug-likeness (QED) is 0.884. The number of hydrogen-bond acceptors (Lipinski definition) is 3. The van der Waals surface area contributed by atoms with Gasteiger partial charge >= 0.3 is 0 Å². The molecule has 1 N–H and O–H groups in total. The van der Waals surface area contributed by atoms with Crippen molar-refractivity contribution in [3.05, 3.63) is 65.7 Å². The maximum absolute atomic E-state index is 11.5. The maximum atomic E-state index is 11.5. The van der Waals surface area contributed by atoms with Crippen LogP contribution >= 0.6 is 0 Å². The molecule has 2 aromatic rings. The van der Waals surface area contributed by atoms with Gasteiger partial charge in [0.1, 0.15) is 12.4 Å². The zero-order chi connectivity index (χ0) is 16.0. The van der Waals surface area contributed by atoms with E-state index in [0.717, 1.165) is 17.4 Å². The third kappa shape index (κ3) is 4.93. The summed E-state index contributed by atoms with van der Waals surface area (Å²) < 4.78 is 31.3. The number of rotatable bonds is 6. The van der Waals surface area contributed by atoms with Crippen molar-refractivity contribution in [2.24, 2.45) is 0 Å². The van der Waals surface area contributed by atoms with Gasteiger partial charge in [0.2, 0.25) is 10.0 Å². The topological polar surface area (TPSA) is 55.4 Å². The smallest absolute Gasteiger partial charge is 0.229 e. The van der Waals surface area contributed by atoms with Crippen LogP contribution in [0.25, 0.3) is 6.08 Å². The third-order valence-electron chi connectivity index (χ3n) is 2.90. The highest BCUT2D eigenvalue weighted by Crippen LogP contribution is 2.28. The molecule has 2 aromatic carbocycles. The second-order valence-corrected chi connectivity index (χ2v) is 6.65. The van der Waals surface area contributed by atoms with Crippen molar-refractivity contribution in [1.29, 1.82) is 0 Å². The summed E-state index contributed by atoms with van der Waals surface area (Å²) >= 11 is 0. The zero-order valence-corrected chi connectivity index (χ0v) is 13.4. The van der Waals surface area contributed by atoms with Crippen molar-refractivity contribution >= 4 is 21.8 Å². The van der Waals surface area contributed by atoms with Crippen molar-refractivity contribution in [1.82, 2.24) is 0 Å². The van der Waals surface area contributed by atoms with Gasteiger partial charge in [0, 0.05) is 0 Å². The van der Waals surface area contributed by atoms with E-state index in [1.807, 2.05) is 55.5 Å². The Kier molecular flexibility index (Phi) is 5.22. The SMILES string of the molecule is C/C=C\c1ccc(OCc2ccccc2)c(NS(C)(=O)=O)c1. The van der Waals surface area contributed by atoms with E-state index in [1.54, 1.807) is 12.1 Å². The Labute approximate surface area is 131 Å². The fourth-order valence-electron chi connectivity index (χ4n) is 1.98. The number of benzene rings is 2. The van der Waals surface area contributed by atoms with E-state index in [-0.39, 0.29) is 0 Å². The van der Waals surface area contributed by atoms with Crippen LogP contribution in [0.1, 0.15) is 18.1 Å². The lowest BCUT2D eigenvalue weighted by Crippen LogP contribution is -2.11. The van der Waals surface area contributed by atoms with Crippen LogP contribution in [0.5, 0.6) is 5.75 Å². The number of anilines is 1. The molecule has 0 saturated carbocycles. The van der Waals surface area contributed by atoms with Crippen LogP contribution in [-0.4, -0.2) is 14.7 Å². The number of sulfonamides is 1. The van der Waals surface area contributed by atoms with Gasteiger partial charge < -0.3 is 4.74 Å². The summed E-state index contributed by atoms with van der Waals surface area (Å²) in [5.41, 5.74) is 2.36. The van der Waals surface area contributed by atoms with E-state index in [2.05, 4.69) is 4.72 Å². The Hall–Kier alpha value is -2.27. The summed E-state index contributed by atoms with van der Waals surface area (Å²) in [6.07, 6.45) is 4.91. The first-order valence-corrected chi connectivity index (χ1v) is 8.78. The summed E-state index contributed by atoms with van der Waals surface area (Å²) in [4.78, 5) is 0. The van der Waals surface area contributed by atoms with Gasteiger partial charge in [-0.3, -0.25) is 4.72 Å². The Balaban J connectivity index is 2.25. The lowest BCUT2D eigenvalue weighted by Gasteiger charge is -2.13. The molecule has 0 heterocycles. The van der Waals surface area contributed by atoms with Crippen molar-refractivity contribution in [3.8, 4) is 5.75 Å². The fraction of sp³-hybridized carbons (Fsp3) is 0.176. The van der Waals surface area contributed by atoms with Gasteiger partial charge in [-0.25, -0.2) is 8.42 Å². The van der Waals surface area contributed by atoms with Crippen LogP contribution in [0.15, 0.2) is 54.6 Å². The minimum atomic E-state index is -3.37. The zero-order valence-electron chi connectivity index (χ0n) is 12.6. The molecule has 0 atom stereocenters. The minimum absolute atomic E-state index is 0.377. The predicted molar refractivity (Wildman–Crippen MR) is 90.4 cm³/mol. The van der Waals surface area contributed by atoms with Crippen molar-refractivity contribution in [3.63, 3.8) is 0 Å². The van der Waals surface area contributed by atoms with E-state index < -0.39 is 10.0 Å². The van der Waals surface area contributed by atoms with E-state index >= 15 is 0 Å². The fourth-order valence-corrected chi connectivity index (χ4v) is 2.54. The van der Waals surface area contributed by atoms with Gasteiger partial charge in [-0.2, -0.15) is 0 Å². The second-order valence-electron chi connectivity index (χ2n) is 4.90. The molecule has 0 unspecified atom stereocenters. The van der Waals surface area contributed by atoms with E-state index in [1.165, 1.54) is 0 Å². The first-order valence-electron chi connectivity index (χ1n) is 6.89. The normalized spacial score (nSPS) is 11.5. The monoisotopic (exact) mass is 317 g/mol. The summed E-state index contributed by atoms with van der Waals surface area (Å²) in [6.45, 7) is 2.28. The van der Waals surface area contributed by atoms with Gasteiger partial charge in [0.25, 0.3) is 0 Å². The molecule has 0 saturated heterocycles. The van der Waals surface area contributed by atoms with E-state index in [4.69, 9.17) is 4.74 Å². The summed E-state index contributed by atoms with van der Waals surface area (Å²) in [5.74, 6) is 0.502. The number of hydrogen-bond donors (Lipinski definition) is 1. The predicted octanol–water partition coefficient (Wildman–Crippen LogP) is 3.67. The molecular formula is C17H19NO3S. The molecule has 0 amide bonds. The van der Waals surface area contributed by atoms with Crippen LogP contribution in [0, 0.1) is 0 Å². The second kappa shape index (κ2) is 7.13. The first-order chi connectivity index (χ1) is 10.5. The average Bonchev–Trinajstić information content (AvgIpc) is 2.46. The molecule has 116 valence electrons. The maximum Gasteiger partial charge on any atom is 0.229 e. The van der Waals surface area contributed by atoms with E-state index in [0.29, 0.717) is 18.0 Å². The van der Waals surface area contributed by atoms with Gasteiger partial charge in [-0.1, -0.05) is 48.6 Å². The first kappa shape index (κ1) is 16.1. The lowest BCUT2D eigenvalue weighted by atomic mass is 10.2. The Morgan fingerprint density at radius 1 is 1.14 bits per heavy atom. The number of nitrogens with one attached hydrogen (secondary N) is 1. The molecule has 0 aliphatic heterocycles. The molecule has 2 rings (SSSR count). The van der Waals surface area contributed by atoms with Gasteiger partial charge in [-0.05, 0) is 30.2 Å². The highest BCUT2D eigenvalue weighted by Gasteiger charge is 2.09. The largest absolute Gasteiger partial charge is 0.487 e. The molecule has 0 aliphatic carbocycles. The Morgan fingerprint density at radius 2 is 1.86 bits per heavy atom. The van der Waals surface area contributed by atoms with Crippen LogP contribution in [-0.2, 0) is 16.6 Å². The molecule has 0 radical (unpaired) electrons. The molecule has 0 bridgehead atoms. The lowest BCUT2D eigenvalue weighted by molar-refractivity contribution is 0.308. The van der Waals surface area contributed by atoms with Crippen LogP contribution < -0.4 is 9.46 Å². The Morgan fingerprint density at radius 3 is 2.50 bits per heavy atom. The minimum Gasteiger partial charge on any atom is -0.487 e. The van der Waals surface area contributed by atoms with Crippen LogP contribution in [0.3, 0.4) is 0 Å². The highest BCUT2D eigenvalue weighted by atomic mass is 32.2. The van der Waals surface area contributed by atoms with E-state index in [9.17, 15) is 8.42 Å². The van der Waals surface area contributed by atoms with Gasteiger partial charge in [0.15, 0.2) is 0 Å².